The van der Waals surface area contributed by atoms with E-state index in [0.717, 1.165) is 25.3 Å². The number of hydrogen-bond acceptors (Lipinski definition) is 4. The Kier molecular flexibility index (Phi) is 6.06. The number of benzene rings is 1. The van der Waals surface area contributed by atoms with Gasteiger partial charge < -0.3 is 16.0 Å². The molecule has 0 spiro atoms. The van der Waals surface area contributed by atoms with Gasteiger partial charge in [0, 0.05) is 24.6 Å². The normalized spacial score (nSPS) is 26.7. The van der Waals surface area contributed by atoms with E-state index in [4.69, 9.17) is 0 Å². The van der Waals surface area contributed by atoms with Crippen LogP contribution in [0.5, 0.6) is 0 Å². The Morgan fingerprint density at radius 1 is 0.941 bits per heavy atom. The molecule has 178 valence electrons. The maximum atomic E-state index is 13.8. The number of aromatic nitrogens is 1. The second-order valence-corrected chi connectivity index (χ2v) is 10.1. The van der Waals surface area contributed by atoms with Crippen molar-refractivity contribution in [3.63, 3.8) is 0 Å². The molecule has 3 N–H and O–H groups in total. The van der Waals surface area contributed by atoms with Crippen LogP contribution < -0.4 is 16.0 Å². The second kappa shape index (κ2) is 9.16. The first kappa shape index (κ1) is 22.5. The van der Waals surface area contributed by atoms with Crippen LogP contribution in [0.3, 0.4) is 0 Å². The van der Waals surface area contributed by atoms with Crippen LogP contribution >= 0.6 is 0 Å². The number of pyridine rings is 1. The molecule has 0 unspecified atom stereocenters. The Balaban J connectivity index is 1.16. The first-order chi connectivity index (χ1) is 16.4. The average Bonchev–Trinajstić information content (AvgIpc) is 2.80. The third kappa shape index (κ3) is 4.67. The molecule has 6 rings (SSSR count). The van der Waals surface area contributed by atoms with Crippen molar-refractivity contribution < 1.29 is 18.8 Å². The second-order valence-electron chi connectivity index (χ2n) is 10.1. The van der Waals surface area contributed by atoms with Gasteiger partial charge >= 0.3 is 0 Å². The third-order valence-electron chi connectivity index (χ3n) is 7.56. The van der Waals surface area contributed by atoms with Crippen molar-refractivity contribution in [3.05, 3.63) is 54.1 Å². The summed E-state index contributed by atoms with van der Waals surface area (Å²) in [5.41, 5.74) is 0.373. The largest absolute Gasteiger partial charge is 0.355 e. The maximum Gasteiger partial charge on any atom is 0.274 e. The van der Waals surface area contributed by atoms with Crippen molar-refractivity contribution in [1.82, 2.24) is 10.3 Å². The molecule has 34 heavy (non-hydrogen) atoms. The van der Waals surface area contributed by atoms with Crippen LogP contribution in [0.1, 0.15) is 55.4 Å². The topological polar surface area (TPSA) is 100 Å². The quantitative estimate of drug-likeness (QED) is 0.574. The molecule has 4 bridgehead atoms. The monoisotopic (exact) mass is 464 g/mol. The maximum absolute atomic E-state index is 13.8. The van der Waals surface area contributed by atoms with Gasteiger partial charge in [-0.3, -0.25) is 19.4 Å². The Labute approximate surface area is 197 Å². The van der Waals surface area contributed by atoms with Gasteiger partial charge in [0.25, 0.3) is 5.91 Å². The number of halogens is 1. The lowest BCUT2D eigenvalue weighted by Crippen LogP contribution is -2.53. The summed E-state index contributed by atoms with van der Waals surface area (Å²) < 4.78 is 13.8. The van der Waals surface area contributed by atoms with Gasteiger partial charge in [0.15, 0.2) is 0 Å². The predicted octanol–water partition coefficient (Wildman–Crippen LogP) is 4.13. The van der Waals surface area contributed by atoms with E-state index in [-0.39, 0.29) is 47.3 Å². The van der Waals surface area contributed by atoms with Gasteiger partial charge in [-0.1, -0.05) is 6.07 Å². The molecule has 2 aromatic rings. The van der Waals surface area contributed by atoms with Crippen molar-refractivity contribution in [2.24, 2.45) is 23.2 Å². The SMILES string of the molecule is O=C(CCNC(=O)C12CC3CC(CC(C3)C1)C2)Nc1cc(F)ccc1NC(=O)c1ccccn1. The number of amides is 3. The average molecular weight is 465 g/mol. The summed E-state index contributed by atoms with van der Waals surface area (Å²) in [5.74, 6) is 0.721. The minimum Gasteiger partial charge on any atom is -0.355 e. The Morgan fingerprint density at radius 2 is 1.65 bits per heavy atom. The number of nitrogens with zero attached hydrogens (tertiary/aromatic N) is 1. The number of carbonyl (C=O) groups is 3. The molecule has 3 amide bonds. The highest BCUT2D eigenvalue weighted by atomic mass is 19.1. The van der Waals surface area contributed by atoms with Crippen molar-refractivity contribution in [2.75, 3.05) is 17.2 Å². The highest BCUT2D eigenvalue weighted by Gasteiger charge is 2.54. The van der Waals surface area contributed by atoms with E-state index in [0.29, 0.717) is 17.8 Å². The zero-order valence-electron chi connectivity index (χ0n) is 19.0. The van der Waals surface area contributed by atoms with Crippen LogP contribution in [0.2, 0.25) is 0 Å². The fraction of sp³-hybridized carbons (Fsp3) is 0.462. The fourth-order valence-electron chi connectivity index (χ4n) is 6.49. The molecule has 1 aromatic heterocycles. The fourth-order valence-corrected chi connectivity index (χ4v) is 6.49. The molecule has 0 aliphatic heterocycles. The lowest BCUT2D eigenvalue weighted by atomic mass is 9.49. The van der Waals surface area contributed by atoms with Gasteiger partial charge in [0.1, 0.15) is 11.5 Å². The minimum absolute atomic E-state index is 0.0578. The van der Waals surface area contributed by atoms with Crippen molar-refractivity contribution in [1.29, 1.82) is 0 Å². The van der Waals surface area contributed by atoms with Gasteiger partial charge in [0.2, 0.25) is 11.8 Å². The number of anilines is 2. The molecule has 0 atom stereocenters. The Morgan fingerprint density at radius 3 is 2.29 bits per heavy atom. The van der Waals surface area contributed by atoms with Gasteiger partial charge in [-0.2, -0.15) is 0 Å². The van der Waals surface area contributed by atoms with E-state index in [1.807, 2.05) is 0 Å². The number of rotatable bonds is 7. The summed E-state index contributed by atoms with van der Waals surface area (Å²) in [4.78, 5) is 42.0. The molecular weight excluding hydrogens is 435 g/mol. The highest BCUT2D eigenvalue weighted by Crippen LogP contribution is 2.60. The number of hydrogen-bond donors (Lipinski definition) is 3. The third-order valence-corrected chi connectivity index (χ3v) is 7.56. The molecule has 4 aliphatic carbocycles. The molecular formula is C26H29FN4O3. The highest BCUT2D eigenvalue weighted by molar-refractivity contribution is 6.06. The molecule has 7 nitrogen and oxygen atoms in total. The molecule has 0 radical (unpaired) electrons. The van der Waals surface area contributed by atoms with Gasteiger partial charge in [-0.25, -0.2) is 4.39 Å². The molecule has 1 heterocycles. The standard InChI is InChI=1S/C26H29FN4O3/c27-19-4-5-20(31-24(33)21-3-1-2-7-28-21)22(12-19)30-23(32)6-8-29-25(34)26-13-16-9-17(14-26)11-18(10-16)15-26/h1-5,7,12,16-18H,6,8-11,13-15H2,(H,29,34)(H,30,32)(H,31,33). The summed E-state index contributed by atoms with van der Waals surface area (Å²) in [6.45, 7) is 0.220. The van der Waals surface area contributed by atoms with Crippen LogP contribution in [0.4, 0.5) is 15.8 Å². The lowest BCUT2D eigenvalue weighted by Gasteiger charge is -2.55. The summed E-state index contributed by atoms with van der Waals surface area (Å²) in [5, 5.41) is 8.29. The van der Waals surface area contributed by atoms with Crippen LogP contribution in [-0.4, -0.2) is 29.3 Å². The number of carbonyl (C=O) groups excluding carboxylic acids is 3. The van der Waals surface area contributed by atoms with E-state index < -0.39 is 11.7 Å². The predicted molar refractivity (Wildman–Crippen MR) is 125 cm³/mol. The van der Waals surface area contributed by atoms with Crippen LogP contribution in [0, 0.1) is 29.0 Å². The molecule has 1 aromatic carbocycles. The summed E-state index contributed by atoms with van der Waals surface area (Å²) in [7, 11) is 0. The van der Waals surface area contributed by atoms with E-state index in [1.54, 1.807) is 18.2 Å². The molecule has 4 saturated carbocycles. The molecule has 8 heteroatoms. The smallest absolute Gasteiger partial charge is 0.274 e. The first-order valence-corrected chi connectivity index (χ1v) is 12.0. The Hall–Kier alpha value is -3.29. The summed E-state index contributed by atoms with van der Waals surface area (Å²) in [6, 6.07) is 8.69. The first-order valence-electron chi connectivity index (χ1n) is 12.0. The Bertz CT molecular complexity index is 1070. The summed E-state index contributed by atoms with van der Waals surface area (Å²) in [6.07, 6.45) is 8.27. The lowest BCUT2D eigenvalue weighted by molar-refractivity contribution is -0.146. The van der Waals surface area contributed by atoms with Crippen LogP contribution in [0.25, 0.3) is 0 Å². The van der Waals surface area contributed by atoms with E-state index in [1.165, 1.54) is 37.6 Å². The molecule has 4 fully saturated rings. The van der Waals surface area contributed by atoms with Crippen LogP contribution in [0.15, 0.2) is 42.6 Å². The van der Waals surface area contributed by atoms with Gasteiger partial charge in [-0.05, 0) is 86.6 Å². The van der Waals surface area contributed by atoms with E-state index in [9.17, 15) is 18.8 Å². The van der Waals surface area contributed by atoms with Crippen molar-refractivity contribution >= 4 is 29.1 Å². The van der Waals surface area contributed by atoms with E-state index in [2.05, 4.69) is 20.9 Å². The minimum atomic E-state index is -0.541. The zero-order chi connectivity index (χ0) is 23.7. The molecule has 0 saturated heterocycles. The van der Waals surface area contributed by atoms with Gasteiger partial charge in [-0.15, -0.1) is 0 Å². The number of nitrogens with one attached hydrogen (secondary N) is 3. The van der Waals surface area contributed by atoms with E-state index >= 15 is 0 Å². The summed E-state index contributed by atoms with van der Waals surface area (Å²) >= 11 is 0. The zero-order valence-corrected chi connectivity index (χ0v) is 19.0. The van der Waals surface area contributed by atoms with Crippen LogP contribution in [-0.2, 0) is 9.59 Å². The van der Waals surface area contributed by atoms with Crippen molar-refractivity contribution in [2.45, 2.75) is 44.9 Å². The van der Waals surface area contributed by atoms with Crippen molar-refractivity contribution in [3.8, 4) is 0 Å². The molecule has 4 aliphatic rings. The van der Waals surface area contributed by atoms with Gasteiger partial charge in [0.05, 0.1) is 11.4 Å².